The standard InChI is InChI=1S/C18H27BrN2O3S/c1-4-14(2)21(16-9-10-25(23,24)13-16)18(22)12-20(3)11-15-7-5-6-8-17(15)19/h5-8,14,16H,4,9-13H2,1-3H3. The predicted molar refractivity (Wildman–Crippen MR) is 104 cm³/mol. The van der Waals surface area contributed by atoms with E-state index >= 15 is 0 Å². The van der Waals surface area contributed by atoms with Gasteiger partial charge in [-0.2, -0.15) is 0 Å². The van der Waals surface area contributed by atoms with Crippen LogP contribution in [0, 0.1) is 0 Å². The lowest BCUT2D eigenvalue weighted by Crippen LogP contribution is -2.49. The van der Waals surface area contributed by atoms with E-state index in [4.69, 9.17) is 0 Å². The second-order valence-corrected chi connectivity index (χ2v) is 9.96. The summed E-state index contributed by atoms with van der Waals surface area (Å²) in [4.78, 5) is 16.7. The van der Waals surface area contributed by atoms with Gasteiger partial charge in [0.2, 0.25) is 5.91 Å². The number of sulfone groups is 1. The van der Waals surface area contributed by atoms with Crippen LogP contribution in [0.2, 0.25) is 0 Å². The Kier molecular flexibility index (Phi) is 7.05. The van der Waals surface area contributed by atoms with Crippen LogP contribution in [0.25, 0.3) is 0 Å². The molecule has 0 bridgehead atoms. The van der Waals surface area contributed by atoms with E-state index in [9.17, 15) is 13.2 Å². The molecule has 1 aromatic rings. The van der Waals surface area contributed by atoms with Gasteiger partial charge in [-0.3, -0.25) is 9.69 Å². The third kappa shape index (κ3) is 5.53. The summed E-state index contributed by atoms with van der Waals surface area (Å²) in [5.74, 6) is 0.285. The molecule has 2 atom stereocenters. The quantitative estimate of drug-likeness (QED) is 0.666. The van der Waals surface area contributed by atoms with Gasteiger partial charge in [0, 0.05) is 23.1 Å². The third-order valence-corrected chi connectivity index (χ3v) is 7.28. The Morgan fingerprint density at radius 1 is 1.36 bits per heavy atom. The van der Waals surface area contributed by atoms with Gasteiger partial charge in [0.25, 0.3) is 0 Å². The summed E-state index contributed by atoms with van der Waals surface area (Å²) in [7, 11) is -1.10. The molecule has 140 valence electrons. The molecule has 0 saturated carbocycles. The monoisotopic (exact) mass is 430 g/mol. The van der Waals surface area contributed by atoms with E-state index in [1.54, 1.807) is 4.90 Å². The number of rotatable bonds is 7. The van der Waals surface area contributed by atoms with Crippen molar-refractivity contribution >= 4 is 31.7 Å². The first-order chi connectivity index (χ1) is 11.7. The largest absolute Gasteiger partial charge is 0.335 e. The van der Waals surface area contributed by atoms with Crippen LogP contribution < -0.4 is 0 Å². The minimum Gasteiger partial charge on any atom is -0.335 e. The van der Waals surface area contributed by atoms with E-state index < -0.39 is 9.84 Å². The molecule has 1 heterocycles. The molecule has 0 radical (unpaired) electrons. The van der Waals surface area contributed by atoms with Crippen molar-refractivity contribution in [2.75, 3.05) is 25.1 Å². The second kappa shape index (κ2) is 8.64. The molecular formula is C18H27BrN2O3S. The zero-order valence-corrected chi connectivity index (χ0v) is 17.5. The maximum absolute atomic E-state index is 12.9. The molecule has 0 aliphatic carbocycles. The van der Waals surface area contributed by atoms with Gasteiger partial charge in [-0.1, -0.05) is 41.1 Å². The molecule has 1 aromatic carbocycles. The van der Waals surface area contributed by atoms with Crippen molar-refractivity contribution in [1.82, 2.24) is 9.80 Å². The zero-order chi connectivity index (χ0) is 18.6. The van der Waals surface area contributed by atoms with Crippen LogP contribution in [0.4, 0.5) is 0 Å². The van der Waals surface area contributed by atoms with Gasteiger partial charge in [-0.05, 0) is 38.4 Å². The summed E-state index contributed by atoms with van der Waals surface area (Å²) in [6.45, 7) is 4.96. The lowest BCUT2D eigenvalue weighted by Gasteiger charge is -2.35. The van der Waals surface area contributed by atoms with Gasteiger partial charge < -0.3 is 4.90 Å². The summed E-state index contributed by atoms with van der Waals surface area (Å²) in [5.41, 5.74) is 1.12. The van der Waals surface area contributed by atoms with Crippen molar-refractivity contribution in [3.05, 3.63) is 34.3 Å². The molecule has 0 N–H and O–H groups in total. The number of benzene rings is 1. The van der Waals surface area contributed by atoms with Gasteiger partial charge in [0.15, 0.2) is 9.84 Å². The van der Waals surface area contributed by atoms with Crippen molar-refractivity contribution in [2.24, 2.45) is 0 Å². The number of amides is 1. The smallest absolute Gasteiger partial charge is 0.237 e. The Balaban J connectivity index is 2.05. The van der Waals surface area contributed by atoms with Crippen molar-refractivity contribution in [1.29, 1.82) is 0 Å². The summed E-state index contributed by atoms with van der Waals surface area (Å²) in [6.07, 6.45) is 1.36. The molecule has 0 spiro atoms. The molecule has 25 heavy (non-hydrogen) atoms. The first kappa shape index (κ1) is 20.4. The molecule has 1 aliphatic heterocycles. The maximum Gasteiger partial charge on any atom is 0.237 e. The summed E-state index contributed by atoms with van der Waals surface area (Å²) in [5, 5.41) is 0. The molecule has 7 heteroatoms. The van der Waals surface area contributed by atoms with Gasteiger partial charge in [0.05, 0.1) is 18.1 Å². The molecule has 2 rings (SSSR count). The van der Waals surface area contributed by atoms with Crippen molar-refractivity contribution in [3.8, 4) is 0 Å². The highest BCUT2D eigenvalue weighted by atomic mass is 79.9. The SMILES string of the molecule is CCC(C)N(C(=O)CN(C)Cc1ccccc1Br)C1CCS(=O)(=O)C1. The lowest BCUT2D eigenvalue weighted by atomic mass is 10.1. The second-order valence-electron chi connectivity index (χ2n) is 6.88. The van der Waals surface area contributed by atoms with Crippen LogP contribution >= 0.6 is 15.9 Å². The average Bonchev–Trinajstić information content (AvgIpc) is 2.89. The fraction of sp³-hybridized carbons (Fsp3) is 0.611. The van der Waals surface area contributed by atoms with E-state index in [1.165, 1.54) is 0 Å². The minimum absolute atomic E-state index is 0.00556. The molecule has 0 aromatic heterocycles. The highest BCUT2D eigenvalue weighted by molar-refractivity contribution is 9.10. The average molecular weight is 431 g/mol. The van der Waals surface area contributed by atoms with Crippen molar-refractivity contribution < 1.29 is 13.2 Å². The minimum atomic E-state index is -3.01. The molecular weight excluding hydrogens is 404 g/mol. The van der Waals surface area contributed by atoms with E-state index in [0.717, 1.165) is 16.5 Å². The highest BCUT2D eigenvalue weighted by Crippen LogP contribution is 2.22. The van der Waals surface area contributed by atoms with Gasteiger partial charge in [-0.15, -0.1) is 0 Å². The van der Waals surface area contributed by atoms with Gasteiger partial charge in [-0.25, -0.2) is 8.42 Å². The van der Waals surface area contributed by atoms with Crippen LogP contribution in [0.5, 0.6) is 0 Å². The summed E-state index contributed by atoms with van der Waals surface area (Å²) >= 11 is 3.53. The lowest BCUT2D eigenvalue weighted by molar-refractivity contribution is -0.136. The maximum atomic E-state index is 12.9. The summed E-state index contributed by atoms with van der Waals surface area (Å²) < 4.78 is 24.7. The number of halogens is 1. The van der Waals surface area contributed by atoms with Crippen LogP contribution in [0.15, 0.2) is 28.7 Å². The topological polar surface area (TPSA) is 57.7 Å². The molecule has 2 unspecified atom stereocenters. The van der Waals surface area contributed by atoms with Crippen LogP contribution in [-0.4, -0.2) is 61.3 Å². The highest BCUT2D eigenvalue weighted by Gasteiger charge is 2.36. The van der Waals surface area contributed by atoms with E-state index in [0.29, 0.717) is 13.0 Å². The summed E-state index contributed by atoms with van der Waals surface area (Å²) in [6, 6.07) is 7.81. The molecule has 1 aliphatic rings. The number of hydrogen-bond acceptors (Lipinski definition) is 4. The Morgan fingerprint density at radius 2 is 2.04 bits per heavy atom. The van der Waals surface area contributed by atoms with Crippen molar-refractivity contribution in [3.63, 3.8) is 0 Å². The third-order valence-electron chi connectivity index (χ3n) is 4.76. The number of nitrogens with zero attached hydrogens (tertiary/aromatic N) is 2. The van der Waals surface area contributed by atoms with Gasteiger partial charge >= 0.3 is 0 Å². The first-order valence-corrected chi connectivity index (χ1v) is 11.3. The van der Waals surface area contributed by atoms with E-state index in [-0.39, 0.29) is 36.0 Å². The Labute approximate surface area is 159 Å². The number of carbonyl (C=O) groups excluding carboxylic acids is 1. The molecule has 5 nitrogen and oxygen atoms in total. The first-order valence-electron chi connectivity index (χ1n) is 8.67. The van der Waals surface area contributed by atoms with E-state index in [2.05, 4.69) is 15.9 Å². The Hall–Kier alpha value is -0.920. The van der Waals surface area contributed by atoms with Crippen molar-refractivity contribution in [2.45, 2.75) is 45.3 Å². The molecule has 1 saturated heterocycles. The molecule has 1 amide bonds. The number of hydrogen-bond donors (Lipinski definition) is 0. The Bertz CT molecular complexity index is 708. The molecule has 1 fully saturated rings. The fourth-order valence-electron chi connectivity index (χ4n) is 3.29. The fourth-order valence-corrected chi connectivity index (χ4v) is 5.41. The predicted octanol–water partition coefficient (Wildman–Crippen LogP) is 2.70. The van der Waals surface area contributed by atoms with Gasteiger partial charge in [0.1, 0.15) is 0 Å². The Morgan fingerprint density at radius 3 is 2.60 bits per heavy atom. The van der Waals surface area contributed by atoms with Crippen LogP contribution in [0.1, 0.15) is 32.3 Å². The number of carbonyl (C=O) groups is 1. The van der Waals surface area contributed by atoms with Crippen LogP contribution in [0.3, 0.4) is 0 Å². The zero-order valence-electron chi connectivity index (χ0n) is 15.1. The number of likely N-dealkylation sites (N-methyl/N-ethyl adjacent to an activating group) is 1. The normalized spacial score (nSPS) is 20.6. The van der Waals surface area contributed by atoms with Crippen LogP contribution in [-0.2, 0) is 21.2 Å². The van der Waals surface area contributed by atoms with E-state index in [1.807, 2.05) is 50.1 Å².